The molecule has 2 aromatic heterocycles. The topological polar surface area (TPSA) is 46.6 Å². The van der Waals surface area contributed by atoms with Gasteiger partial charge in [0.1, 0.15) is 16.9 Å². The average Bonchev–Trinajstić information content (AvgIpc) is 3.07. The Bertz CT molecular complexity index is 1150. The van der Waals surface area contributed by atoms with E-state index >= 15 is 0 Å². The van der Waals surface area contributed by atoms with Crippen molar-refractivity contribution in [3.05, 3.63) is 64.8 Å². The van der Waals surface area contributed by atoms with Crippen LogP contribution < -0.4 is 10.3 Å². The van der Waals surface area contributed by atoms with Crippen molar-refractivity contribution in [1.82, 2.24) is 0 Å². The molecule has 3 heterocycles. The molecule has 1 aliphatic heterocycles. The molecule has 4 heteroatoms. The highest BCUT2D eigenvalue weighted by Crippen LogP contribution is 2.36. The van der Waals surface area contributed by atoms with Gasteiger partial charge in [-0.3, -0.25) is 4.79 Å². The highest BCUT2D eigenvalue weighted by atomic mass is 16.4. The van der Waals surface area contributed by atoms with E-state index in [0.717, 1.165) is 53.4 Å². The van der Waals surface area contributed by atoms with Crippen LogP contribution in [0.1, 0.15) is 19.3 Å². The molecule has 5 rings (SSSR count). The van der Waals surface area contributed by atoms with E-state index in [9.17, 15) is 4.79 Å². The summed E-state index contributed by atoms with van der Waals surface area (Å²) in [6.07, 6.45) is 3.50. The Morgan fingerprint density at radius 1 is 0.808 bits per heavy atom. The lowest BCUT2D eigenvalue weighted by molar-refractivity contribution is 0.497. The maximum absolute atomic E-state index is 12.3. The summed E-state index contributed by atoms with van der Waals surface area (Å²) in [5.74, 6) is 1.21. The molecule has 1 saturated heterocycles. The molecular weight excluding hydrogens is 326 g/mol. The predicted octanol–water partition coefficient (Wildman–Crippen LogP) is 5.20. The van der Waals surface area contributed by atoms with Crippen LogP contribution in [0.3, 0.4) is 0 Å². The molecule has 4 nitrogen and oxygen atoms in total. The molecule has 26 heavy (non-hydrogen) atoms. The fourth-order valence-corrected chi connectivity index (χ4v) is 3.81. The number of anilines is 1. The van der Waals surface area contributed by atoms with E-state index in [-0.39, 0.29) is 5.43 Å². The van der Waals surface area contributed by atoms with E-state index in [2.05, 4.69) is 4.90 Å². The standard InChI is InChI=1S/C22H19NO3/c24-15-13-20(25-21(14-15)23-11-4-1-5-12-23)18-9-6-8-17-16-7-2-3-10-19(16)26-22(17)18/h2-3,6-10,13-14H,1,4-5,11-12H2. The van der Waals surface area contributed by atoms with Crippen LogP contribution in [0.25, 0.3) is 33.3 Å². The van der Waals surface area contributed by atoms with Gasteiger partial charge >= 0.3 is 0 Å². The SMILES string of the molecule is O=c1cc(-c2cccc3c2oc2ccccc23)oc(N2CCCCC2)c1. The molecule has 130 valence electrons. The Kier molecular flexibility index (Phi) is 3.56. The number of hydrogen-bond donors (Lipinski definition) is 0. The smallest absolute Gasteiger partial charge is 0.199 e. The van der Waals surface area contributed by atoms with Gasteiger partial charge in [0.05, 0.1) is 5.56 Å². The van der Waals surface area contributed by atoms with Crippen molar-refractivity contribution >= 4 is 27.8 Å². The van der Waals surface area contributed by atoms with E-state index in [0.29, 0.717) is 11.6 Å². The Morgan fingerprint density at radius 2 is 1.62 bits per heavy atom. The summed E-state index contributed by atoms with van der Waals surface area (Å²) in [5.41, 5.74) is 2.37. The first-order valence-electron chi connectivity index (χ1n) is 9.10. The molecule has 4 aromatic rings. The van der Waals surface area contributed by atoms with E-state index < -0.39 is 0 Å². The van der Waals surface area contributed by atoms with Crippen molar-refractivity contribution < 1.29 is 8.83 Å². The van der Waals surface area contributed by atoms with Crippen molar-refractivity contribution in [3.8, 4) is 11.3 Å². The maximum Gasteiger partial charge on any atom is 0.199 e. The molecule has 0 atom stereocenters. The van der Waals surface area contributed by atoms with E-state index in [1.54, 1.807) is 12.1 Å². The third-order valence-electron chi connectivity index (χ3n) is 5.09. The van der Waals surface area contributed by atoms with Crippen LogP contribution in [0.2, 0.25) is 0 Å². The summed E-state index contributed by atoms with van der Waals surface area (Å²) >= 11 is 0. The number of hydrogen-bond acceptors (Lipinski definition) is 4. The lowest BCUT2D eigenvalue weighted by atomic mass is 10.1. The number of benzene rings is 2. The van der Waals surface area contributed by atoms with Crippen LogP contribution in [0.15, 0.2) is 68.2 Å². The van der Waals surface area contributed by atoms with Gasteiger partial charge in [0.2, 0.25) is 0 Å². The van der Waals surface area contributed by atoms with Gasteiger partial charge < -0.3 is 13.7 Å². The quantitative estimate of drug-likeness (QED) is 0.501. The van der Waals surface area contributed by atoms with Crippen molar-refractivity contribution in [1.29, 1.82) is 0 Å². The lowest BCUT2D eigenvalue weighted by Crippen LogP contribution is -2.30. The number of piperidine rings is 1. The number of rotatable bonds is 2. The Morgan fingerprint density at radius 3 is 2.50 bits per heavy atom. The third-order valence-corrected chi connectivity index (χ3v) is 5.09. The largest absolute Gasteiger partial charge is 0.455 e. The molecule has 2 aromatic carbocycles. The number of furan rings is 1. The monoisotopic (exact) mass is 345 g/mol. The second-order valence-electron chi connectivity index (χ2n) is 6.82. The van der Waals surface area contributed by atoms with Gasteiger partial charge in [0.15, 0.2) is 11.3 Å². The molecule has 0 N–H and O–H groups in total. The van der Waals surface area contributed by atoms with Crippen LogP contribution in [-0.2, 0) is 0 Å². The van der Waals surface area contributed by atoms with Crippen molar-refractivity contribution in [2.24, 2.45) is 0 Å². The minimum atomic E-state index is -0.0417. The second-order valence-corrected chi connectivity index (χ2v) is 6.82. The minimum absolute atomic E-state index is 0.0417. The summed E-state index contributed by atoms with van der Waals surface area (Å²) in [6, 6.07) is 17.1. The maximum atomic E-state index is 12.3. The van der Waals surface area contributed by atoms with Crippen LogP contribution in [0.4, 0.5) is 5.88 Å². The van der Waals surface area contributed by atoms with Gasteiger partial charge in [0, 0.05) is 36.0 Å². The number of para-hydroxylation sites is 2. The highest BCUT2D eigenvalue weighted by Gasteiger charge is 2.17. The lowest BCUT2D eigenvalue weighted by Gasteiger charge is -2.27. The van der Waals surface area contributed by atoms with Gasteiger partial charge in [-0.15, -0.1) is 0 Å². The molecule has 0 saturated carbocycles. The normalized spacial score (nSPS) is 15.0. The first-order valence-corrected chi connectivity index (χ1v) is 9.10. The van der Waals surface area contributed by atoms with E-state index in [1.807, 2.05) is 42.5 Å². The van der Waals surface area contributed by atoms with Gasteiger partial charge in [-0.2, -0.15) is 0 Å². The fraction of sp³-hybridized carbons (Fsp3) is 0.227. The van der Waals surface area contributed by atoms with Crippen LogP contribution in [0, 0.1) is 0 Å². The summed E-state index contributed by atoms with van der Waals surface area (Å²) in [6.45, 7) is 1.86. The van der Waals surface area contributed by atoms with Crippen LogP contribution >= 0.6 is 0 Å². The zero-order valence-electron chi connectivity index (χ0n) is 14.4. The molecule has 0 bridgehead atoms. The van der Waals surface area contributed by atoms with Crippen molar-refractivity contribution in [3.63, 3.8) is 0 Å². The average molecular weight is 345 g/mol. The van der Waals surface area contributed by atoms with Gasteiger partial charge in [0.25, 0.3) is 0 Å². The Labute approximate surface area is 150 Å². The molecular formula is C22H19NO3. The van der Waals surface area contributed by atoms with Gasteiger partial charge in [-0.05, 0) is 31.4 Å². The summed E-state index contributed by atoms with van der Waals surface area (Å²) in [7, 11) is 0. The molecule has 0 amide bonds. The van der Waals surface area contributed by atoms with Crippen molar-refractivity contribution in [2.45, 2.75) is 19.3 Å². The second kappa shape index (κ2) is 6.06. The van der Waals surface area contributed by atoms with Crippen LogP contribution in [-0.4, -0.2) is 13.1 Å². The van der Waals surface area contributed by atoms with E-state index in [4.69, 9.17) is 8.83 Å². The first kappa shape index (κ1) is 15.3. The highest BCUT2D eigenvalue weighted by molar-refractivity contribution is 6.09. The number of fused-ring (bicyclic) bond motifs is 3. The molecule has 0 aliphatic carbocycles. The van der Waals surface area contributed by atoms with Crippen molar-refractivity contribution in [2.75, 3.05) is 18.0 Å². The summed E-state index contributed by atoms with van der Waals surface area (Å²) < 4.78 is 12.2. The summed E-state index contributed by atoms with van der Waals surface area (Å²) in [5, 5.41) is 2.10. The minimum Gasteiger partial charge on any atom is -0.455 e. The third kappa shape index (κ3) is 2.49. The Hall–Kier alpha value is -3.01. The van der Waals surface area contributed by atoms with E-state index in [1.165, 1.54) is 6.42 Å². The number of nitrogens with zero attached hydrogens (tertiary/aromatic N) is 1. The van der Waals surface area contributed by atoms with Gasteiger partial charge in [-0.1, -0.05) is 30.3 Å². The zero-order valence-corrected chi connectivity index (χ0v) is 14.4. The fourth-order valence-electron chi connectivity index (χ4n) is 3.81. The molecule has 0 unspecified atom stereocenters. The van der Waals surface area contributed by atoms with Gasteiger partial charge in [-0.25, -0.2) is 0 Å². The molecule has 0 radical (unpaired) electrons. The summed E-state index contributed by atoms with van der Waals surface area (Å²) in [4.78, 5) is 14.5. The van der Waals surface area contributed by atoms with Crippen LogP contribution in [0.5, 0.6) is 0 Å². The molecule has 1 fully saturated rings. The molecule has 1 aliphatic rings. The Balaban J connectivity index is 1.70. The first-order chi connectivity index (χ1) is 12.8. The predicted molar refractivity (Wildman–Crippen MR) is 104 cm³/mol. The molecule has 0 spiro atoms. The zero-order chi connectivity index (χ0) is 17.5.